The zero-order chi connectivity index (χ0) is 17.3. The van der Waals surface area contributed by atoms with Crippen LogP contribution in [0.15, 0.2) is 59.6 Å². The van der Waals surface area contributed by atoms with Gasteiger partial charge in [0, 0.05) is 13.2 Å². The van der Waals surface area contributed by atoms with Crippen LogP contribution in [0.3, 0.4) is 0 Å². The quantitative estimate of drug-likeness (QED) is 0.770. The highest BCUT2D eigenvalue weighted by atomic mass is 32.2. The fourth-order valence-electron chi connectivity index (χ4n) is 3.42. The smallest absolute Gasteiger partial charge is 0.238 e. The molecule has 4 nitrogen and oxygen atoms in total. The first-order valence-electron chi connectivity index (χ1n) is 8.06. The first-order chi connectivity index (χ1) is 11.4. The molecule has 0 aliphatic rings. The molecule has 0 radical (unpaired) electrons. The summed E-state index contributed by atoms with van der Waals surface area (Å²) in [5.41, 5.74) is 3.22. The third kappa shape index (κ3) is 3.09. The van der Waals surface area contributed by atoms with Gasteiger partial charge >= 0.3 is 0 Å². The number of nitrogens with zero attached hydrogens (tertiary/aromatic N) is 1. The second-order valence-corrected chi connectivity index (χ2v) is 7.70. The van der Waals surface area contributed by atoms with Gasteiger partial charge in [0.25, 0.3) is 0 Å². The highest BCUT2D eigenvalue weighted by molar-refractivity contribution is 7.89. The monoisotopic (exact) mass is 342 g/mol. The van der Waals surface area contributed by atoms with Crippen LogP contribution in [0.1, 0.15) is 30.4 Å². The van der Waals surface area contributed by atoms with Crippen molar-refractivity contribution in [1.29, 1.82) is 0 Å². The first-order valence-corrected chi connectivity index (χ1v) is 9.61. The first kappa shape index (κ1) is 16.7. The summed E-state index contributed by atoms with van der Waals surface area (Å²) in [5, 5.41) is 6.61. The second kappa shape index (κ2) is 6.42. The maximum Gasteiger partial charge on any atom is 0.238 e. The molecule has 0 fully saturated rings. The van der Waals surface area contributed by atoms with E-state index in [4.69, 9.17) is 5.14 Å². The predicted octanol–water partition coefficient (Wildman–Crippen LogP) is 3.56. The van der Waals surface area contributed by atoms with Gasteiger partial charge in [0.05, 0.1) is 10.4 Å². The van der Waals surface area contributed by atoms with Crippen molar-refractivity contribution in [3.63, 3.8) is 0 Å². The molecule has 2 N–H and O–H groups in total. The molecular weight excluding hydrogens is 320 g/mol. The minimum absolute atomic E-state index is 0.0972. The molecule has 0 amide bonds. The topological polar surface area (TPSA) is 65.1 Å². The SMILES string of the molecule is CC[C@@H](Cc1cccc2ccn(C)c12)c1ccccc1S(N)(=O)=O. The van der Waals surface area contributed by atoms with Crippen molar-refractivity contribution < 1.29 is 8.42 Å². The van der Waals surface area contributed by atoms with Crippen molar-refractivity contribution in [2.45, 2.75) is 30.6 Å². The summed E-state index contributed by atoms with van der Waals surface area (Å²) < 4.78 is 26.0. The number of aryl methyl sites for hydroxylation is 1. The van der Waals surface area contributed by atoms with E-state index in [9.17, 15) is 8.42 Å². The minimum Gasteiger partial charge on any atom is -0.350 e. The molecular formula is C19H22N2O2S. The Hall–Kier alpha value is -2.11. The van der Waals surface area contributed by atoms with E-state index in [0.717, 1.165) is 18.4 Å². The number of fused-ring (bicyclic) bond motifs is 1. The fourth-order valence-corrected chi connectivity index (χ4v) is 4.26. The number of benzene rings is 2. The number of primary sulfonamides is 1. The Labute approximate surface area is 143 Å². The molecule has 0 aliphatic carbocycles. The van der Waals surface area contributed by atoms with Crippen LogP contribution in [0.4, 0.5) is 0 Å². The Morgan fingerprint density at radius 3 is 2.54 bits per heavy atom. The van der Waals surface area contributed by atoms with Crippen LogP contribution >= 0.6 is 0 Å². The molecule has 5 heteroatoms. The molecule has 0 saturated heterocycles. The van der Waals surface area contributed by atoms with Gasteiger partial charge in [-0.25, -0.2) is 13.6 Å². The van der Waals surface area contributed by atoms with Gasteiger partial charge < -0.3 is 4.57 Å². The molecule has 1 heterocycles. The van der Waals surface area contributed by atoms with Crippen LogP contribution in [0.25, 0.3) is 10.9 Å². The molecule has 0 spiro atoms. The molecule has 0 saturated carbocycles. The zero-order valence-corrected chi connectivity index (χ0v) is 14.8. The lowest BCUT2D eigenvalue weighted by molar-refractivity contribution is 0.590. The van der Waals surface area contributed by atoms with Crippen LogP contribution in [-0.4, -0.2) is 13.0 Å². The number of hydrogen-bond donors (Lipinski definition) is 1. The van der Waals surface area contributed by atoms with Crippen molar-refractivity contribution in [3.8, 4) is 0 Å². The zero-order valence-electron chi connectivity index (χ0n) is 13.9. The van der Waals surface area contributed by atoms with Crippen LogP contribution in [-0.2, 0) is 23.5 Å². The average Bonchev–Trinajstić information content (AvgIpc) is 2.94. The number of para-hydroxylation sites is 1. The lowest BCUT2D eigenvalue weighted by Gasteiger charge is -2.19. The third-order valence-electron chi connectivity index (χ3n) is 4.61. The Bertz CT molecular complexity index is 974. The summed E-state index contributed by atoms with van der Waals surface area (Å²) in [6.07, 6.45) is 3.67. The molecule has 2 aromatic carbocycles. The Kier molecular flexibility index (Phi) is 4.47. The van der Waals surface area contributed by atoms with Gasteiger partial charge in [-0.3, -0.25) is 0 Å². The van der Waals surface area contributed by atoms with Crippen molar-refractivity contribution in [1.82, 2.24) is 4.57 Å². The highest BCUT2D eigenvalue weighted by Gasteiger charge is 2.21. The van der Waals surface area contributed by atoms with Gasteiger partial charge in [-0.1, -0.05) is 43.3 Å². The number of rotatable bonds is 5. The molecule has 126 valence electrons. The van der Waals surface area contributed by atoms with Gasteiger partial charge in [-0.05, 0) is 47.4 Å². The molecule has 3 rings (SSSR count). The van der Waals surface area contributed by atoms with E-state index in [2.05, 4.69) is 35.8 Å². The van der Waals surface area contributed by atoms with E-state index < -0.39 is 10.0 Å². The lowest BCUT2D eigenvalue weighted by atomic mass is 9.89. The standard InChI is InChI=1S/C19H22N2O2S/c1-3-14(17-9-4-5-10-18(17)24(20,22)23)13-16-8-6-7-15-11-12-21(2)19(15)16/h4-12,14H,3,13H2,1-2H3,(H2,20,22,23)/t14-/m0/s1. The second-order valence-electron chi connectivity index (χ2n) is 6.17. The van der Waals surface area contributed by atoms with Gasteiger partial charge in [0.2, 0.25) is 10.0 Å². The van der Waals surface area contributed by atoms with Gasteiger partial charge in [-0.2, -0.15) is 0 Å². The van der Waals surface area contributed by atoms with Gasteiger partial charge in [-0.15, -0.1) is 0 Å². The molecule has 1 aromatic heterocycles. The molecule has 0 aliphatic heterocycles. The largest absolute Gasteiger partial charge is 0.350 e. The fraction of sp³-hybridized carbons (Fsp3) is 0.263. The molecule has 1 atom stereocenters. The molecule has 0 bridgehead atoms. The van der Waals surface area contributed by atoms with Crippen LogP contribution < -0.4 is 5.14 Å². The number of hydrogen-bond acceptors (Lipinski definition) is 2. The summed E-state index contributed by atoms with van der Waals surface area (Å²) in [5.74, 6) is 0.0972. The van der Waals surface area contributed by atoms with Crippen molar-refractivity contribution in [3.05, 3.63) is 65.9 Å². The summed E-state index contributed by atoms with van der Waals surface area (Å²) in [7, 11) is -1.69. The van der Waals surface area contributed by atoms with Crippen molar-refractivity contribution in [2.24, 2.45) is 12.2 Å². The normalized spacial score (nSPS) is 13.3. The Morgan fingerprint density at radius 1 is 1.08 bits per heavy atom. The maximum absolute atomic E-state index is 11.9. The molecule has 0 unspecified atom stereocenters. The highest BCUT2D eigenvalue weighted by Crippen LogP contribution is 2.31. The summed E-state index contributed by atoms with van der Waals surface area (Å²) in [4.78, 5) is 0.232. The summed E-state index contributed by atoms with van der Waals surface area (Å²) in [6.45, 7) is 2.08. The van der Waals surface area contributed by atoms with Crippen LogP contribution in [0.2, 0.25) is 0 Å². The third-order valence-corrected chi connectivity index (χ3v) is 5.59. The summed E-state index contributed by atoms with van der Waals surface area (Å²) in [6, 6.07) is 15.4. The number of nitrogens with two attached hydrogens (primary N) is 1. The average molecular weight is 342 g/mol. The Balaban J connectivity index is 2.07. The predicted molar refractivity (Wildman–Crippen MR) is 97.5 cm³/mol. The lowest BCUT2D eigenvalue weighted by Crippen LogP contribution is -2.16. The summed E-state index contributed by atoms with van der Waals surface area (Å²) >= 11 is 0. The van der Waals surface area contributed by atoms with Crippen molar-refractivity contribution >= 4 is 20.9 Å². The molecule has 24 heavy (non-hydrogen) atoms. The van der Waals surface area contributed by atoms with E-state index in [1.165, 1.54) is 16.5 Å². The van der Waals surface area contributed by atoms with Crippen LogP contribution in [0.5, 0.6) is 0 Å². The molecule has 3 aromatic rings. The minimum atomic E-state index is -3.73. The Morgan fingerprint density at radius 2 is 1.83 bits per heavy atom. The van der Waals surface area contributed by atoms with E-state index in [1.807, 2.05) is 25.4 Å². The van der Waals surface area contributed by atoms with Gasteiger partial charge in [0.1, 0.15) is 0 Å². The number of sulfonamides is 1. The number of aromatic nitrogens is 1. The van der Waals surface area contributed by atoms with Crippen LogP contribution in [0, 0.1) is 0 Å². The van der Waals surface area contributed by atoms with Crippen molar-refractivity contribution in [2.75, 3.05) is 0 Å². The van der Waals surface area contributed by atoms with Gasteiger partial charge in [0.15, 0.2) is 0 Å². The van der Waals surface area contributed by atoms with E-state index >= 15 is 0 Å². The van der Waals surface area contributed by atoms with E-state index in [0.29, 0.717) is 0 Å². The maximum atomic E-state index is 11.9. The van der Waals surface area contributed by atoms with E-state index in [-0.39, 0.29) is 10.8 Å². The van der Waals surface area contributed by atoms with E-state index in [1.54, 1.807) is 12.1 Å².